The molecule has 34 heavy (non-hydrogen) atoms. The Bertz CT molecular complexity index is 1220. The lowest BCUT2D eigenvalue weighted by atomic mass is 9.62. The number of hydrogen-bond donors (Lipinski definition) is 1. The standard InChI is InChI=1S/C23H27ClF2N4O3S/c1-22(33-2)12-30(13-22)19-6-7-23(19)8-9-29(14-23)17-11-16(25)18(10-15(17)24)34(31,32)28-21-5-3-4-20(26)27-21/h3-5,10-11,19H,6-9,12-14H2,1-2H3,(H,27,28)/t19-,23+/m1/s1. The van der Waals surface area contributed by atoms with Crippen molar-refractivity contribution in [2.45, 2.75) is 42.7 Å². The average Bonchev–Trinajstić information content (AvgIpc) is 3.20. The van der Waals surface area contributed by atoms with Gasteiger partial charge in [-0.05, 0) is 44.4 Å². The third-order valence-electron chi connectivity index (χ3n) is 7.60. The van der Waals surface area contributed by atoms with Crippen molar-refractivity contribution < 1.29 is 21.9 Å². The van der Waals surface area contributed by atoms with E-state index in [0.29, 0.717) is 11.7 Å². The van der Waals surface area contributed by atoms with Crippen molar-refractivity contribution in [2.24, 2.45) is 5.41 Å². The van der Waals surface area contributed by atoms with E-state index in [1.807, 2.05) is 4.90 Å². The average molecular weight is 513 g/mol. The number of ether oxygens (including phenoxy) is 1. The third kappa shape index (κ3) is 4.04. The SMILES string of the molecule is COC1(C)CN([C@@H]2CC[C@@]23CCN(c2cc(F)c(S(=O)(=O)Nc4cccc(F)n4)cc2Cl)C3)C1. The van der Waals surface area contributed by atoms with Crippen LogP contribution in [0, 0.1) is 17.2 Å². The van der Waals surface area contributed by atoms with Crippen LogP contribution in [0.2, 0.25) is 5.02 Å². The van der Waals surface area contributed by atoms with E-state index in [9.17, 15) is 12.8 Å². The number of hydrogen-bond acceptors (Lipinski definition) is 6. The predicted octanol–water partition coefficient (Wildman–Crippen LogP) is 3.89. The van der Waals surface area contributed by atoms with E-state index in [-0.39, 0.29) is 21.9 Å². The Morgan fingerprint density at radius 3 is 2.62 bits per heavy atom. The van der Waals surface area contributed by atoms with Crippen LogP contribution in [0.5, 0.6) is 0 Å². The number of benzene rings is 1. The van der Waals surface area contributed by atoms with E-state index in [4.69, 9.17) is 16.3 Å². The summed E-state index contributed by atoms with van der Waals surface area (Å²) < 4.78 is 61.4. The van der Waals surface area contributed by atoms with E-state index >= 15 is 4.39 Å². The van der Waals surface area contributed by atoms with Crippen LogP contribution in [0.15, 0.2) is 35.2 Å². The molecule has 0 bridgehead atoms. The second-order valence-corrected chi connectivity index (χ2v) is 11.9. The van der Waals surface area contributed by atoms with Crippen LogP contribution >= 0.6 is 11.6 Å². The van der Waals surface area contributed by atoms with Crippen molar-refractivity contribution in [1.82, 2.24) is 9.88 Å². The van der Waals surface area contributed by atoms with Crippen LogP contribution in [0.1, 0.15) is 26.2 Å². The highest BCUT2D eigenvalue weighted by molar-refractivity contribution is 7.92. The molecule has 5 rings (SSSR count). The first kappa shape index (κ1) is 23.7. The third-order valence-corrected chi connectivity index (χ3v) is 9.27. The molecule has 2 saturated heterocycles. The highest BCUT2D eigenvalue weighted by atomic mass is 35.5. The molecule has 1 aliphatic carbocycles. The number of likely N-dealkylation sites (tertiary alicyclic amines) is 1. The van der Waals surface area contributed by atoms with Crippen LogP contribution < -0.4 is 9.62 Å². The molecule has 184 valence electrons. The quantitative estimate of drug-likeness (QED) is 0.592. The zero-order chi connectivity index (χ0) is 24.3. The summed E-state index contributed by atoms with van der Waals surface area (Å²) in [5.41, 5.74) is 0.525. The Morgan fingerprint density at radius 1 is 1.21 bits per heavy atom. The number of nitrogens with one attached hydrogen (secondary N) is 1. The van der Waals surface area contributed by atoms with E-state index in [0.717, 1.165) is 57.6 Å². The maximum absolute atomic E-state index is 15.0. The van der Waals surface area contributed by atoms with Gasteiger partial charge in [-0.3, -0.25) is 9.62 Å². The van der Waals surface area contributed by atoms with Gasteiger partial charge in [0.2, 0.25) is 5.95 Å². The minimum absolute atomic E-state index is 0.0854. The molecule has 0 unspecified atom stereocenters. The normalized spacial score (nSPS) is 26.4. The first-order chi connectivity index (χ1) is 16.0. The van der Waals surface area contributed by atoms with Crippen LogP contribution in [-0.4, -0.2) is 63.2 Å². The molecule has 0 amide bonds. The predicted molar refractivity (Wildman–Crippen MR) is 126 cm³/mol. The zero-order valence-electron chi connectivity index (χ0n) is 19.0. The fourth-order valence-corrected chi connectivity index (χ4v) is 7.05. The molecular weight excluding hydrogens is 486 g/mol. The van der Waals surface area contributed by atoms with Gasteiger partial charge in [0.25, 0.3) is 10.0 Å². The van der Waals surface area contributed by atoms with Gasteiger partial charge in [-0.15, -0.1) is 0 Å². The summed E-state index contributed by atoms with van der Waals surface area (Å²) in [5.74, 6) is -2.02. The summed E-state index contributed by atoms with van der Waals surface area (Å²) in [5, 5.41) is 0.151. The number of rotatable bonds is 6. The Hall–Kier alpha value is -2.01. The zero-order valence-corrected chi connectivity index (χ0v) is 20.6. The number of aromatic nitrogens is 1. The van der Waals surface area contributed by atoms with Crippen LogP contribution in [-0.2, 0) is 14.8 Å². The maximum atomic E-state index is 15.0. The number of anilines is 2. The monoisotopic (exact) mass is 512 g/mol. The molecule has 1 N–H and O–H groups in total. The summed E-state index contributed by atoms with van der Waals surface area (Å²) in [6.07, 6.45) is 3.21. The highest BCUT2D eigenvalue weighted by Gasteiger charge is 2.57. The summed E-state index contributed by atoms with van der Waals surface area (Å²) in [7, 11) is -2.60. The molecule has 0 radical (unpaired) electrons. The van der Waals surface area contributed by atoms with Gasteiger partial charge in [0.15, 0.2) is 0 Å². The van der Waals surface area contributed by atoms with Crippen molar-refractivity contribution in [3.05, 3.63) is 47.1 Å². The van der Waals surface area contributed by atoms with Crippen LogP contribution in [0.3, 0.4) is 0 Å². The van der Waals surface area contributed by atoms with Gasteiger partial charge in [0.1, 0.15) is 16.5 Å². The first-order valence-corrected chi connectivity index (χ1v) is 13.1. The first-order valence-electron chi connectivity index (χ1n) is 11.2. The molecule has 1 saturated carbocycles. The summed E-state index contributed by atoms with van der Waals surface area (Å²) >= 11 is 6.46. The van der Waals surface area contributed by atoms with Crippen molar-refractivity contribution in [3.8, 4) is 0 Å². The van der Waals surface area contributed by atoms with Gasteiger partial charge in [0, 0.05) is 50.8 Å². The van der Waals surface area contributed by atoms with Crippen LogP contribution in [0.25, 0.3) is 0 Å². The van der Waals surface area contributed by atoms with Crippen molar-refractivity contribution in [3.63, 3.8) is 0 Å². The topological polar surface area (TPSA) is 74.8 Å². The van der Waals surface area contributed by atoms with Crippen LogP contribution in [0.4, 0.5) is 20.3 Å². The lowest BCUT2D eigenvalue weighted by Crippen LogP contribution is -2.69. The van der Waals surface area contributed by atoms with Gasteiger partial charge < -0.3 is 9.64 Å². The van der Waals surface area contributed by atoms with E-state index < -0.39 is 26.7 Å². The Kier molecular flexibility index (Phi) is 5.78. The molecule has 1 spiro atoms. The molecule has 2 aliphatic heterocycles. The van der Waals surface area contributed by atoms with E-state index in [2.05, 4.69) is 21.5 Å². The Balaban J connectivity index is 1.33. The lowest BCUT2D eigenvalue weighted by molar-refractivity contribution is -0.164. The molecule has 7 nitrogen and oxygen atoms in total. The molecule has 3 aliphatic rings. The number of halogens is 3. The number of pyridine rings is 1. The number of sulfonamides is 1. The fourth-order valence-electron chi connectivity index (χ4n) is 5.62. The molecule has 1 aromatic heterocycles. The van der Waals surface area contributed by atoms with E-state index in [1.54, 1.807) is 7.11 Å². The molecule has 3 heterocycles. The summed E-state index contributed by atoms with van der Waals surface area (Å²) in [4.78, 5) is 7.37. The van der Waals surface area contributed by atoms with Gasteiger partial charge in [-0.1, -0.05) is 17.7 Å². The molecule has 3 fully saturated rings. The number of nitrogens with zero attached hydrogens (tertiary/aromatic N) is 3. The highest BCUT2D eigenvalue weighted by Crippen LogP contribution is 2.53. The Morgan fingerprint density at radius 2 is 1.97 bits per heavy atom. The largest absolute Gasteiger partial charge is 0.376 e. The van der Waals surface area contributed by atoms with Gasteiger partial charge in [0.05, 0.1) is 16.3 Å². The number of methoxy groups -OCH3 is 1. The minimum atomic E-state index is -4.34. The van der Waals surface area contributed by atoms with Crippen molar-refractivity contribution in [2.75, 3.05) is 42.9 Å². The minimum Gasteiger partial charge on any atom is -0.376 e. The van der Waals surface area contributed by atoms with Crippen molar-refractivity contribution in [1.29, 1.82) is 0 Å². The smallest absolute Gasteiger partial charge is 0.266 e. The summed E-state index contributed by atoms with van der Waals surface area (Å²) in [6.45, 7) is 5.40. The molecule has 1 aromatic carbocycles. The van der Waals surface area contributed by atoms with Crippen molar-refractivity contribution >= 4 is 33.1 Å². The van der Waals surface area contributed by atoms with E-state index in [1.165, 1.54) is 18.2 Å². The van der Waals surface area contributed by atoms with Gasteiger partial charge >= 0.3 is 0 Å². The molecule has 11 heteroatoms. The lowest BCUT2D eigenvalue weighted by Gasteiger charge is -2.60. The second kappa shape index (κ2) is 8.29. The maximum Gasteiger partial charge on any atom is 0.266 e. The van der Waals surface area contributed by atoms with Gasteiger partial charge in [-0.25, -0.2) is 17.8 Å². The Labute approximate surface area is 203 Å². The fraction of sp³-hybridized carbons (Fsp3) is 0.522. The van der Waals surface area contributed by atoms with Gasteiger partial charge in [-0.2, -0.15) is 4.39 Å². The summed E-state index contributed by atoms with van der Waals surface area (Å²) in [6, 6.07) is 6.41. The second-order valence-electron chi connectivity index (χ2n) is 9.83. The molecule has 2 atom stereocenters. The molecule has 2 aromatic rings. The molecular formula is C23H27ClF2N4O3S.